The van der Waals surface area contributed by atoms with E-state index in [9.17, 15) is 4.79 Å². The summed E-state index contributed by atoms with van der Waals surface area (Å²) in [5.74, 6) is 1.01. The molecular formula is C18H23ClN2O. The number of hydrogen-bond acceptors (Lipinski definition) is 2. The van der Waals surface area contributed by atoms with Crippen molar-refractivity contribution in [3.8, 4) is 0 Å². The van der Waals surface area contributed by atoms with E-state index in [2.05, 4.69) is 11.4 Å². The van der Waals surface area contributed by atoms with Crippen LogP contribution in [0.3, 0.4) is 0 Å². The van der Waals surface area contributed by atoms with Crippen LogP contribution in [0.1, 0.15) is 43.2 Å². The lowest BCUT2D eigenvalue weighted by atomic mass is 9.85. The minimum Gasteiger partial charge on any atom is -0.337 e. The molecule has 2 heterocycles. The zero-order valence-electron chi connectivity index (χ0n) is 12.9. The van der Waals surface area contributed by atoms with Crippen molar-refractivity contribution in [2.45, 2.75) is 57.2 Å². The summed E-state index contributed by atoms with van der Waals surface area (Å²) < 4.78 is 0. The number of fused-ring (bicyclic) bond motifs is 2. The first-order valence-electron chi connectivity index (χ1n) is 8.53. The fraction of sp³-hybridized carbons (Fsp3) is 0.611. The number of carbonyl (C=O) groups is 1. The first-order valence-corrected chi connectivity index (χ1v) is 8.91. The summed E-state index contributed by atoms with van der Waals surface area (Å²) >= 11 is 6.26. The molecule has 1 aliphatic carbocycles. The number of halogens is 1. The van der Waals surface area contributed by atoms with Crippen LogP contribution in [-0.2, 0) is 17.8 Å². The van der Waals surface area contributed by atoms with E-state index in [1.165, 1.54) is 36.8 Å². The Morgan fingerprint density at radius 2 is 2.14 bits per heavy atom. The van der Waals surface area contributed by atoms with E-state index in [4.69, 9.17) is 11.6 Å². The van der Waals surface area contributed by atoms with E-state index >= 15 is 0 Å². The van der Waals surface area contributed by atoms with Crippen LogP contribution >= 0.6 is 11.6 Å². The highest BCUT2D eigenvalue weighted by Gasteiger charge is 2.40. The summed E-state index contributed by atoms with van der Waals surface area (Å²) in [5.41, 5.74) is 2.43. The summed E-state index contributed by atoms with van der Waals surface area (Å²) in [5, 5.41) is 4.45. The quantitative estimate of drug-likeness (QED) is 0.862. The number of benzene rings is 1. The molecule has 0 aromatic heterocycles. The molecule has 1 amide bonds. The van der Waals surface area contributed by atoms with Crippen molar-refractivity contribution in [1.29, 1.82) is 0 Å². The highest BCUT2D eigenvalue weighted by molar-refractivity contribution is 6.31. The van der Waals surface area contributed by atoms with Gasteiger partial charge in [-0.05, 0) is 48.8 Å². The van der Waals surface area contributed by atoms with Gasteiger partial charge < -0.3 is 10.2 Å². The average molecular weight is 319 g/mol. The maximum Gasteiger partial charge on any atom is 0.240 e. The van der Waals surface area contributed by atoms with Crippen LogP contribution in [0.15, 0.2) is 18.2 Å². The highest BCUT2D eigenvalue weighted by atomic mass is 35.5. The van der Waals surface area contributed by atoms with Gasteiger partial charge in [0.15, 0.2) is 0 Å². The standard InChI is InChI=1S/C18H23ClN2O/c19-15-6-3-5-13-11-21(9-8-14(13)15)18(22)17-10-12-4-1-2-7-16(12)20-17/h3,5-6,12,16-17,20H,1-2,4,7-11H2. The van der Waals surface area contributed by atoms with Crippen molar-refractivity contribution < 1.29 is 4.79 Å². The summed E-state index contributed by atoms with van der Waals surface area (Å²) in [6.07, 6.45) is 7.08. The Morgan fingerprint density at radius 3 is 3.00 bits per heavy atom. The minimum atomic E-state index is 0.0360. The molecule has 1 N–H and O–H groups in total. The SMILES string of the molecule is O=C(C1CC2CCCCC2N1)N1CCc2c(Cl)cccc2C1. The lowest BCUT2D eigenvalue weighted by molar-refractivity contribution is -0.134. The molecule has 0 bridgehead atoms. The topological polar surface area (TPSA) is 32.3 Å². The molecule has 3 aliphatic rings. The van der Waals surface area contributed by atoms with E-state index < -0.39 is 0 Å². The molecule has 1 saturated carbocycles. The van der Waals surface area contributed by atoms with Crippen LogP contribution in [0.4, 0.5) is 0 Å². The van der Waals surface area contributed by atoms with Crippen molar-refractivity contribution in [3.63, 3.8) is 0 Å². The predicted molar refractivity (Wildman–Crippen MR) is 87.9 cm³/mol. The maximum absolute atomic E-state index is 12.9. The van der Waals surface area contributed by atoms with Gasteiger partial charge in [0, 0.05) is 24.2 Å². The van der Waals surface area contributed by atoms with Gasteiger partial charge in [0.05, 0.1) is 6.04 Å². The third kappa shape index (κ3) is 2.55. The first kappa shape index (κ1) is 14.5. The Labute approximate surface area is 137 Å². The van der Waals surface area contributed by atoms with Crippen molar-refractivity contribution in [2.24, 2.45) is 5.92 Å². The van der Waals surface area contributed by atoms with Gasteiger partial charge in [0.2, 0.25) is 5.91 Å². The third-order valence-electron chi connectivity index (χ3n) is 5.68. The van der Waals surface area contributed by atoms with Crippen LogP contribution in [0.25, 0.3) is 0 Å². The molecule has 118 valence electrons. The van der Waals surface area contributed by atoms with Crippen molar-refractivity contribution in [1.82, 2.24) is 10.2 Å². The second-order valence-corrected chi connectivity index (χ2v) is 7.40. The summed E-state index contributed by atoms with van der Waals surface area (Å²) in [7, 11) is 0. The van der Waals surface area contributed by atoms with Gasteiger partial charge in [0.25, 0.3) is 0 Å². The molecule has 1 aromatic rings. The predicted octanol–water partition coefficient (Wildman–Crippen LogP) is 3.15. The zero-order valence-corrected chi connectivity index (χ0v) is 13.6. The van der Waals surface area contributed by atoms with Gasteiger partial charge in [-0.15, -0.1) is 0 Å². The lowest BCUT2D eigenvalue weighted by Crippen LogP contribution is -2.47. The van der Waals surface area contributed by atoms with Crippen LogP contribution < -0.4 is 5.32 Å². The van der Waals surface area contributed by atoms with Crippen LogP contribution in [0.2, 0.25) is 5.02 Å². The van der Waals surface area contributed by atoms with Crippen LogP contribution in [0, 0.1) is 5.92 Å². The molecule has 4 heteroatoms. The fourth-order valence-corrected chi connectivity index (χ4v) is 4.77. The van der Waals surface area contributed by atoms with E-state index in [0.29, 0.717) is 24.4 Å². The number of nitrogens with one attached hydrogen (secondary N) is 1. The Bertz CT molecular complexity index is 574. The number of carbonyl (C=O) groups excluding carboxylic acids is 1. The van der Waals surface area contributed by atoms with Gasteiger partial charge in [-0.1, -0.05) is 36.6 Å². The van der Waals surface area contributed by atoms with Gasteiger partial charge in [0.1, 0.15) is 0 Å². The number of nitrogens with zero attached hydrogens (tertiary/aromatic N) is 1. The molecule has 1 saturated heterocycles. The summed E-state index contributed by atoms with van der Waals surface area (Å²) in [6, 6.07) is 6.64. The minimum absolute atomic E-state index is 0.0360. The molecule has 2 aliphatic heterocycles. The Balaban J connectivity index is 1.46. The van der Waals surface area contributed by atoms with E-state index in [0.717, 1.165) is 24.4 Å². The van der Waals surface area contributed by atoms with Crippen molar-refractivity contribution in [3.05, 3.63) is 34.3 Å². The number of rotatable bonds is 1. The number of hydrogen-bond donors (Lipinski definition) is 1. The summed E-state index contributed by atoms with van der Waals surface area (Å²) in [6.45, 7) is 1.51. The van der Waals surface area contributed by atoms with Crippen molar-refractivity contribution >= 4 is 17.5 Å². The second-order valence-electron chi connectivity index (χ2n) is 6.99. The monoisotopic (exact) mass is 318 g/mol. The first-order chi connectivity index (χ1) is 10.7. The molecule has 3 atom stereocenters. The van der Waals surface area contributed by atoms with Gasteiger partial charge in [-0.25, -0.2) is 0 Å². The van der Waals surface area contributed by atoms with E-state index in [1.54, 1.807) is 0 Å². The Hall–Kier alpha value is -1.06. The largest absolute Gasteiger partial charge is 0.337 e. The molecule has 3 unspecified atom stereocenters. The molecule has 2 fully saturated rings. The smallest absolute Gasteiger partial charge is 0.240 e. The molecule has 4 rings (SSSR count). The molecular weight excluding hydrogens is 296 g/mol. The van der Waals surface area contributed by atoms with Crippen LogP contribution in [-0.4, -0.2) is 29.4 Å². The molecule has 3 nitrogen and oxygen atoms in total. The second kappa shape index (κ2) is 5.86. The van der Waals surface area contributed by atoms with Gasteiger partial charge >= 0.3 is 0 Å². The molecule has 22 heavy (non-hydrogen) atoms. The summed E-state index contributed by atoms with van der Waals surface area (Å²) in [4.78, 5) is 14.9. The van der Waals surface area contributed by atoms with E-state index in [1.807, 2.05) is 17.0 Å². The zero-order chi connectivity index (χ0) is 15.1. The average Bonchev–Trinajstić information content (AvgIpc) is 2.98. The Kier molecular flexibility index (Phi) is 3.87. The third-order valence-corrected chi connectivity index (χ3v) is 6.04. The molecule has 1 aromatic carbocycles. The van der Waals surface area contributed by atoms with E-state index in [-0.39, 0.29) is 6.04 Å². The molecule has 0 radical (unpaired) electrons. The van der Waals surface area contributed by atoms with Crippen LogP contribution in [0.5, 0.6) is 0 Å². The Morgan fingerprint density at radius 1 is 1.27 bits per heavy atom. The molecule has 0 spiro atoms. The maximum atomic E-state index is 12.9. The lowest BCUT2D eigenvalue weighted by Gasteiger charge is -2.31. The van der Waals surface area contributed by atoms with Gasteiger partial charge in [-0.2, -0.15) is 0 Å². The fourth-order valence-electron chi connectivity index (χ4n) is 4.48. The number of amides is 1. The van der Waals surface area contributed by atoms with Gasteiger partial charge in [-0.3, -0.25) is 4.79 Å². The van der Waals surface area contributed by atoms with Crippen molar-refractivity contribution in [2.75, 3.05) is 6.54 Å². The highest BCUT2D eigenvalue weighted by Crippen LogP contribution is 2.34. The normalized spacial score (nSPS) is 30.8.